The lowest BCUT2D eigenvalue weighted by atomic mass is 9.97. The first-order valence-corrected chi connectivity index (χ1v) is 12.1. The fourth-order valence-corrected chi connectivity index (χ4v) is 9.09. The van der Waals surface area contributed by atoms with Crippen molar-refractivity contribution in [2.75, 3.05) is 14.1 Å². The second-order valence-corrected chi connectivity index (χ2v) is 11.7. The summed E-state index contributed by atoms with van der Waals surface area (Å²) in [5, 5.41) is 4.93. The van der Waals surface area contributed by atoms with Crippen molar-refractivity contribution >= 4 is 28.8 Å². The van der Waals surface area contributed by atoms with Crippen LogP contribution < -0.4 is 0 Å². The highest BCUT2D eigenvalue weighted by Crippen LogP contribution is 2.77. The van der Waals surface area contributed by atoms with Gasteiger partial charge < -0.3 is 4.57 Å². The third kappa shape index (κ3) is 2.86. The molecule has 0 N–H and O–H groups in total. The summed E-state index contributed by atoms with van der Waals surface area (Å²) in [6, 6.07) is 29.9. The van der Waals surface area contributed by atoms with Crippen molar-refractivity contribution in [2.24, 2.45) is 0 Å². The van der Waals surface area contributed by atoms with Crippen LogP contribution in [0.2, 0.25) is 0 Å². The van der Waals surface area contributed by atoms with Crippen molar-refractivity contribution in [2.45, 2.75) is 24.2 Å². The average Bonchev–Trinajstić information content (AvgIpc) is 3.11. The fourth-order valence-electron chi connectivity index (χ4n) is 5.25. The number of hydrogen-bond acceptors (Lipinski definition) is 1. The predicted molar refractivity (Wildman–Crippen MR) is 124 cm³/mol. The molecule has 146 valence electrons. The number of rotatable bonds is 3. The van der Waals surface area contributed by atoms with E-state index in [0.29, 0.717) is 0 Å². The molecule has 0 spiro atoms. The molecule has 29 heavy (non-hydrogen) atoms. The summed E-state index contributed by atoms with van der Waals surface area (Å²) >= 11 is 0. The van der Waals surface area contributed by atoms with E-state index in [0.717, 1.165) is 12.8 Å². The Morgan fingerprint density at radius 3 is 1.52 bits per heavy atom. The van der Waals surface area contributed by atoms with E-state index in [1.165, 1.54) is 32.7 Å². The summed E-state index contributed by atoms with van der Waals surface area (Å²) in [6.45, 7) is 0. The maximum Gasteiger partial charge on any atom is 0.164 e. The zero-order valence-corrected chi connectivity index (χ0v) is 17.8. The smallest absolute Gasteiger partial charge is 0.164 e. The van der Waals surface area contributed by atoms with Gasteiger partial charge >= 0.3 is 0 Å². The van der Waals surface area contributed by atoms with Gasteiger partial charge in [0, 0.05) is 0 Å². The van der Waals surface area contributed by atoms with Crippen LogP contribution in [0.1, 0.15) is 35.3 Å². The SMILES string of the molecule is CN(C)P1(=O)C(c2cccc3ccccc23)CCC1c1cccc2ccccc12. The highest BCUT2D eigenvalue weighted by atomic mass is 31.2. The first-order chi connectivity index (χ1) is 14.1. The molecule has 1 saturated heterocycles. The van der Waals surface area contributed by atoms with E-state index in [2.05, 4.69) is 84.9 Å². The van der Waals surface area contributed by atoms with Gasteiger partial charge in [-0.05, 0) is 59.6 Å². The molecule has 0 bridgehead atoms. The average molecular weight is 399 g/mol. The van der Waals surface area contributed by atoms with E-state index in [1.807, 2.05) is 18.8 Å². The summed E-state index contributed by atoms with van der Waals surface area (Å²) in [7, 11) is 1.32. The van der Waals surface area contributed by atoms with E-state index in [-0.39, 0.29) is 11.3 Å². The van der Waals surface area contributed by atoms with Crippen molar-refractivity contribution in [1.29, 1.82) is 0 Å². The molecule has 5 rings (SSSR count). The Labute approximate surface area is 172 Å². The fraction of sp³-hybridized carbons (Fsp3) is 0.231. The minimum absolute atomic E-state index is 0.0626. The molecule has 4 aromatic carbocycles. The monoisotopic (exact) mass is 399 g/mol. The Hall–Kier alpha value is -2.41. The molecule has 0 aromatic heterocycles. The Bertz CT molecular complexity index is 1140. The molecule has 2 unspecified atom stereocenters. The molecule has 4 aromatic rings. The standard InChI is InChI=1S/C26H26NOP/c1-27(2)29(28)25(23-15-7-11-19-9-3-5-13-21(19)23)17-18-26(29)24-16-8-12-20-10-4-6-14-22(20)24/h3-16,25-26H,17-18H2,1-2H3. The highest BCUT2D eigenvalue weighted by Gasteiger charge is 2.49. The van der Waals surface area contributed by atoms with Gasteiger partial charge in [0.2, 0.25) is 0 Å². The first-order valence-electron chi connectivity index (χ1n) is 10.3. The summed E-state index contributed by atoms with van der Waals surface area (Å²) < 4.78 is 16.8. The molecule has 1 heterocycles. The quantitative estimate of drug-likeness (QED) is 0.334. The molecule has 0 amide bonds. The van der Waals surface area contributed by atoms with Crippen LogP contribution in [-0.2, 0) is 4.57 Å². The molecule has 1 aliphatic rings. The van der Waals surface area contributed by atoms with Gasteiger partial charge in [-0.1, -0.05) is 84.9 Å². The predicted octanol–water partition coefficient (Wildman–Crippen LogP) is 7.41. The summed E-state index contributed by atoms with van der Waals surface area (Å²) in [5.74, 6) is 0. The van der Waals surface area contributed by atoms with Gasteiger partial charge in [0.05, 0.1) is 11.3 Å². The Morgan fingerprint density at radius 2 is 1.07 bits per heavy atom. The molecule has 1 aliphatic heterocycles. The largest absolute Gasteiger partial charge is 0.305 e. The Balaban J connectivity index is 1.69. The number of fused-ring (bicyclic) bond motifs is 2. The highest BCUT2D eigenvalue weighted by molar-refractivity contribution is 7.62. The van der Waals surface area contributed by atoms with E-state index in [9.17, 15) is 4.57 Å². The zero-order valence-electron chi connectivity index (χ0n) is 17.0. The van der Waals surface area contributed by atoms with Gasteiger partial charge in [-0.2, -0.15) is 0 Å². The van der Waals surface area contributed by atoms with E-state index in [1.54, 1.807) is 0 Å². The van der Waals surface area contributed by atoms with Gasteiger partial charge in [0.1, 0.15) is 0 Å². The topological polar surface area (TPSA) is 20.3 Å². The Morgan fingerprint density at radius 1 is 0.655 bits per heavy atom. The van der Waals surface area contributed by atoms with E-state index < -0.39 is 7.29 Å². The molecule has 0 aliphatic carbocycles. The van der Waals surface area contributed by atoms with Crippen LogP contribution in [0, 0.1) is 0 Å². The Kier molecular flexibility index (Phi) is 4.57. The van der Waals surface area contributed by atoms with Crippen molar-refractivity contribution < 1.29 is 4.57 Å². The lowest BCUT2D eigenvalue weighted by molar-refractivity contribution is 0.503. The molecular weight excluding hydrogens is 373 g/mol. The second kappa shape index (κ2) is 7.13. The third-order valence-electron chi connectivity index (χ3n) is 6.60. The van der Waals surface area contributed by atoms with Gasteiger partial charge in [0.15, 0.2) is 7.29 Å². The van der Waals surface area contributed by atoms with Gasteiger partial charge in [-0.3, -0.25) is 4.67 Å². The van der Waals surface area contributed by atoms with Crippen molar-refractivity contribution in [3.63, 3.8) is 0 Å². The van der Waals surface area contributed by atoms with Gasteiger partial charge in [0.25, 0.3) is 0 Å². The van der Waals surface area contributed by atoms with Crippen molar-refractivity contribution in [3.05, 3.63) is 96.1 Å². The van der Waals surface area contributed by atoms with Crippen LogP contribution in [-0.4, -0.2) is 18.8 Å². The summed E-state index contributed by atoms with van der Waals surface area (Å²) in [6.07, 6.45) is 1.91. The molecule has 3 heteroatoms. The number of hydrogen-bond donors (Lipinski definition) is 0. The minimum Gasteiger partial charge on any atom is -0.305 e. The molecule has 0 saturated carbocycles. The van der Waals surface area contributed by atoms with Crippen LogP contribution >= 0.6 is 7.29 Å². The zero-order chi connectivity index (χ0) is 20.0. The maximum absolute atomic E-state index is 14.8. The maximum atomic E-state index is 14.8. The lowest BCUT2D eigenvalue weighted by Crippen LogP contribution is -2.15. The first kappa shape index (κ1) is 18.6. The van der Waals surface area contributed by atoms with Gasteiger partial charge in [-0.25, -0.2) is 0 Å². The summed E-state index contributed by atoms with van der Waals surface area (Å²) in [4.78, 5) is 0. The summed E-state index contributed by atoms with van der Waals surface area (Å²) in [5.41, 5.74) is 2.60. The van der Waals surface area contributed by atoms with Crippen LogP contribution in [0.5, 0.6) is 0 Å². The van der Waals surface area contributed by atoms with Crippen LogP contribution in [0.4, 0.5) is 0 Å². The van der Waals surface area contributed by atoms with Crippen LogP contribution in [0.3, 0.4) is 0 Å². The molecule has 2 nitrogen and oxygen atoms in total. The minimum atomic E-state index is -2.68. The number of benzene rings is 4. The van der Waals surface area contributed by atoms with Crippen LogP contribution in [0.15, 0.2) is 84.9 Å². The van der Waals surface area contributed by atoms with Crippen molar-refractivity contribution in [1.82, 2.24) is 4.67 Å². The normalized spacial score (nSPS) is 24.5. The van der Waals surface area contributed by atoms with Gasteiger partial charge in [-0.15, -0.1) is 0 Å². The lowest BCUT2D eigenvalue weighted by Gasteiger charge is -2.33. The van der Waals surface area contributed by atoms with E-state index >= 15 is 0 Å². The molecule has 2 atom stereocenters. The van der Waals surface area contributed by atoms with Crippen molar-refractivity contribution in [3.8, 4) is 0 Å². The third-order valence-corrected chi connectivity index (χ3v) is 10.7. The molecular formula is C26H26NOP. The van der Waals surface area contributed by atoms with E-state index in [4.69, 9.17) is 0 Å². The number of nitrogens with zero attached hydrogens (tertiary/aromatic N) is 1. The molecule has 0 radical (unpaired) electrons. The second-order valence-electron chi connectivity index (χ2n) is 8.27. The van der Waals surface area contributed by atoms with Crippen LogP contribution in [0.25, 0.3) is 21.5 Å². The molecule has 1 fully saturated rings.